The van der Waals surface area contributed by atoms with Crippen molar-refractivity contribution in [2.75, 3.05) is 0 Å². The third kappa shape index (κ3) is 3.97. The molecule has 0 atom stereocenters. The van der Waals surface area contributed by atoms with Gasteiger partial charge in [0.25, 0.3) is 0 Å². The second kappa shape index (κ2) is 4.87. The molecule has 1 heteroatoms. The predicted octanol–water partition coefficient (Wildman–Crippen LogP) is 4.91. The summed E-state index contributed by atoms with van der Waals surface area (Å²) in [6, 6.07) is 6.27. The molecule has 0 unspecified atom stereocenters. The first-order valence-corrected chi connectivity index (χ1v) is 6.65. The summed E-state index contributed by atoms with van der Waals surface area (Å²) < 4.78 is 0. The van der Waals surface area contributed by atoms with Gasteiger partial charge in [-0.15, -0.1) is 0 Å². The van der Waals surface area contributed by atoms with Gasteiger partial charge in [-0.1, -0.05) is 53.7 Å². The molecule has 0 spiro atoms. The SMILES string of the molecule is Cc1ccc(C(C)(C)C)cc1C(=O)CC(C)(C)C. The van der Waals surface area contributed by atoms with Crippen LogP contribution in [0.3, 0.4) is 0 Å². The van der Waals surface area contributed by atoms with Crippen molar-refractivity contribution in [1.29, 1.82) is 0 Å². The van der Waals surface area contributed by atoms with Crippen molar-refractivity contribution < 1.29 is 4.79 Å². The molecule has 0 aromatic heterocycles. The van der Waals surface area contributed by atoms with Crippen LogP contribution in [0, 0.1) is 12.3 Å². The van der Waals surface area contributed by atoms with Gasteiger partial charge in [-0.25, -0.2) is 0 Å². The quantitative estimate of drug-likeness (QED) is 0.677. The Labute approximate surface area is 112 Å². The Morgan fingerprint density at radius 3 is 2.06 bits per heavy atom. The highest BCUT2D eigenvalue weighted by atomic mass is 16.1. The van der Waals surface area contributed by atoms with Gasteiger partial charge >= 0.3 is 0 Å². The average Bonchev–Trinajstić information content (AvgIpc) is 2.13. The standard InChI is InChI=1S/C17H26O/c1-12-8-9-13(17(5,6)7)10-14(12)15(18)11-16(2,3)4/h8-10H,11H2,1-7H3. The van der Waals surface area contributed by atoms with Gasteiger partial charge in [0.1, 0.15) is 0 Å². The maximum Gasteiger partial charge on any atom is 0.163 e. The van der Waals surface area contributed by atoms with Crippen molar-refractivity contribution in [2.24, 2.45) is 5.41 Å². The van der Waals surface area contributed by atoms with Crippen molar-refractivity contribution in [2.45, 2.75) is 60.3 Å². The molecule has 0 aliphatic carbocycles. The minimum absolute atomic E-state index is 0.0429. The molecule has 0 aliphatic heterocycles. The van der Waals surface area contributed by atoms with Gasteiger partial charge in [-0.3, -0.25) is 4.79 Å². The highest BCUT2D eigenvalue weighted by Crippen LogP contribution is 2.27. The monoisotopic (exact) mass is 246 g/mol. The van der Waals surface area contributed by atoms with Gasteiger partial charge in [0.2, 0.25) is 0 Å². The molecule has 1 aromatic rings. The van der Waals surface area contributed by atoms with E-state index in [0.717, 1.165) is 11.1 Å². The molecule has 0 saturated heterocycles. The van der Waals surface area contributed by atoms with E-state index in [-0.39, 0.29) is 16.6 Å². The van der Waals surface area contributed by atoms with Gasteiger partial charge in [0.15, 0.2) is 5.78 Å². The molecular formula is C17H26O. The van der Waals surface area contributed by atoms with Crippen molar-refractivity contribution in [1.82, 2.24) is 0 Å². The molecule has 0 aliphatic rings. The molecule has 1 aromatic carbocycles. The topological polar surface area (TPSA) is 17.1 Å². The minimum Gasteiger partial charge on any atom is -0.294 e. The zero-order valence-corrected chi connectivity index (χ0v) is 12.8. The van der Waals surface area contributed by atoms with E-state index in [1.807, 2.05) is 6.92 Å². The lowest BCUT2D eigenvalue weighted by Crippen LogP contribution is -2.16. The Balaban J connectivity index is 3.13. The second-order valence-electron chi connectivity index (χ2n) is 7.44. The molecule has 18 heavy (non-hydrogen) atoms. The van der Waals surface area contributed by atoms with Crippen molar-refractivity contribution in [3.05, 3.63) is 34.9 Å². The summed E-state index contributed by atoms with van der Waals surface area (Å²) in [5.74, 6) is 0.256. The number of carbonyl (C=O) groups is 1. The Morgan fingerprint density at radius 2 is 1.61 bits per heavy atom. The lowest BCUT2D eigenvalue weighted by molar-refractivity contribution is 0.0939. The Kier molecular flexibility index (Phi) is 4.05. The Hall–Kier alpha value is -1.11. The predicted molar refractivity (Wildman–Crippen MR) is 78.3 cm³/mol. The Bertz CT molecular complexity index is 442. The average molecular weight is 246 g/mol. The van der Waals surface area contributed by atoms with Gasteiger partial charge in [0, 0.05) is 12.0 Å². The van der Waals surface area contributed by atoms with E-state index in [2.05, 4.69) is 59.7 Å². The maximum absolute atomic E-state index is 12.4. The number of aryl methyl sites for hydroxylation is 1. The zero-order valence-electron chi connectivity index (χ0n) is 12.8. The van der Waals surface area contributed by atoms with Gasteiger partial charge in [-0.05, 0) is 34.9 Å². The van der Waals surface area contributed by atoms with E-state index in [0.29, 0.717) is 6.42 Å². The first-order valence-electron chi connectivity index (χ1n) is 6.65. The van der Waals surface area contributed by atoms with E-state index in [9.17, 15) is 4.79 Å². The summed E-state index contributed by atoms with van der Waals surface area (Å²) in [7, 11) is 0. The maximum atomic E-state index is 12.4. The molecule has 0 bridgehead atoms. The fourth-order valence-electron chi connectivity index (χ4n) is 1.97. The van der Waals surface area contributed by atoms with E-state index >= 15 is 0 Å². The number of carbonyl (C=O) groups excluding carboxylic acids is 1. The Morgan fingerprint density at radius 1 is 1.06 bits per heavy atom. The number of hydrogen-bond donors (Lipinski definition) is 0. The third-order valence-corrected chi connectivity index (χ3v) is 3.09. The van der Waals surface area contributed by atoms with Gasteiger partial charge in [-0.2, -0.15) is 0 Å². The lowest BCUT2D eigenvalue weighted by Gasteiger charge is -2.22. The van der Waals surface area contributed by atoms with Crippen LogP contribution in [-0.4, -0.2) is 5.78 Å². The first-order chi connectivity index (χ1) is 8.00. The van der Waals surface area contributed by atoms with Crippen molar-refractivity contribution in [3.8, 4) is 0 Å². The van der Waals surface area contributed by atoms with Crippen molar-refractivity contribution >= 4 is 5.78 Å². The fraction of sp³-hybridized carbons (Fsp3) is 0.588. The van der Waals surface area contributed by atoms with E-state index in [1.54, 1.807) is 0 Å². The lowest BCUT2D eigenvalue weighted by atomic mass is 9.82. The summed E-state index contributed by atoms with van der Waals surface area (Å²) in [6.45, 7) is 14.9. The number of hydrogen-bond acceptors (Lipinski definition) is 1. The highest BCUT2D eigenvalue weighted by molar-refractivity contribution is 5.98. The summed E-state index contributed by atoms with van der Waals surface area (Å²) in [6.07, 6.45) is 0.599. The van der Waals surface area contributed by atoms with Crippen LogP contribution in [0.2, 0.25) is 0 Å². The molecule has 0 amide bonds. The van der Waals surface area contributed by atoms with Crippen LogP contribution >= 0.6 is 0 Å². The molecule has 0 heterocycles. The smallest absolute Gasteiger partial charge is 0.163 e. The van der Waals surface area contributed by atoms with E-state index < -0.39 is 0 Å². The summed E-state index contributed by atoms with van der Waals surface area (Å²) in [5, 5.41) is 0. The summed E-state index contributed by atoms with van der Waals surface area (Å²) in [4.78, 5) is 12.4. The molecular weight excluding hydrogens is 220 g/mol. The molecule has 0 fully saturated rings. The fourth-order valence-corrected chi connectivity index (χ4v) is 1.97. The van der Waals surface area contributed by atoms with Gasteiger partial charge < -0.3 is 0 Å². The van der Waals surface area contributed by atoms with Gasteiger partial charge in [0.05, 0.1) is 0 Å². The van der Waals surface area contributed by atoms with E-state index in [1.165, 1.54) is 5.56 Å². The number of rotatable bonds is 2. The largest absolute Gasteiger partial charge is 0.294 e. The molecule has 0 radical (unpaired) electrons. The number of Topliss-reactive ketones (excluding diaryl/α,β-unsaturated/α-hetero) is 1. The highest BCUT2D eigenvalue weighted by Gasteiger charge is 2.21. The molecule has 0 N–H and O–H groups in total. The third-order valence-electron chi connectivity index (χ3n) is 3.09. The normalized spacial score (nSPS) is 12.6. The van der Waals surface area contributed by atoms with Crippen LogP contribution in [0.25, 0.3) is 0 Å². The molecule has 1 rings (SSSR count). The number of ketones is 1. The summed E-state index contributed by atoms with van der Waals surface area (Å²) >= 11 is 0. The first kappa shape index (κ1) is 14.9. The minimum atomic E-state index is 0.0429. The van der Waals surface area contributed by atoms with Crippen LogP contribution < -0.4 is 0 Å². The molecule has 0 saturated carbocycles. The van der Waals surface area contributed by atoms with Crippen LogP contribution in [0.4, 0.5) is 0 Å². The zero-order chi connectivity index (χ0) is 14.1. The molecule has 1 nitrogen and oxygen atoms in total. The van der Waals surface area contributed by atoms with Crippen molar-refractivity contribution in [3.63, 3.8) is 0 Å². The summed E-state index contributed by atoms with van der Waals surface area (Å²) in [5.41, 5.74) is 3.33. The van der Waals surface area contributed by atoms with Crippen LogP contribution in [0.5, 0.6) is 0 Å². The van der Waals surface area contributed by atoms with Crippen LogP contribution in [0.1, 0.15) is 69.4 Å². The van der Waals surface area contributed by atoms with E-state index in [4.69, 9.17) is 0 Å². The second-order valence-corrected chi connectivity index (χ2v) is 7.44. The van der Waals surface area contributed by atoms with Crippen LogP contribution in [0.15, 0.2) is 18.2 Å². The number of benzene rings is 1. The molecule has 100 valence electrons. The van der Waals surface area contributed by atoms with Crippen LogP contribution in [-0.2, 0) is 5.41 Å².